The fourth-order valence-corrected chi connectivity index (χ4v) is 3.00. The number of nitrogens with one attached hydrogen (secondary N) is 1. The lowest BCUT2D eigenvalue weighted by Crippen LogP contribution is -1.77. The third kappa shape index (κ3) is 1.34. The number of nitrogens with zero attached hydrogens (tertiary/aromatic N) is 3. The molecule has 0 saturated carbocycles. The van der Waals surface area contributed by atoms with Crippen LogP contribution >= 0.6 is 11.3 Å². The Bertz CT molecular complexity index is 813. The summed E-state index contributed by atoms with van der Waals surface area (Å²) in [5.41, 5.74) is 2.69. The summed E-state index contributed by atoms with van der Waals surface area (Å²) >= 11 is 1.72. The first kappa shape index (κ1) is 9.73. The number of hydrogen-bond donors (Lipinski definition) is 1. The molecule has 5 heteroatoms. The van der Waals surface area contributed by atoms with Crippen molar-refractivity contribution in [2.24, 2.45) is 0 Å². The van der Waals surface area contributed by atoms with Crippen LogP contribution in [0.5, 0.6) is 0 Å². The zero-order chi connectivity index (χ0) is 11.9. The molecule has 18 heavy (non-hydrogen) atoms. The van der Waals surface area contributed by atoms with Crippen LogP contribution in [0.2, 0.25) is 0 Å². The van der Waals surface area contributed by atoms with Crippen molar-refractivity contribution in [2.45, 2.75) is 0 Å². The van der Waals surface area contributed by atoms with Gasteiger partial charge in [-0.05, 0) is 6.07 Å². The monoisotopic (exact) mass is 252 g/mol. The Morgan fingerprint density at radius 1 is 1.17 bits per heavy atom. The van der Waals surface area contributed by atoms with Gasteiger partial charge in [-0.2, -0.15) is 0 Å². The van der Waals surface area contributed by atoms with E-state index in [2.05, 4.69) is 37.4 Å². The molecule has 4 aromatic rings. The molecule has 0 aliphatic rings. The smallest absolute Gasteiger partial charge is 0.181 e. The van der Waals surface area contributed by atoms with Crippen molar-refractivity contribution in [3.63, 3.8) is 0 Å². The molecule has 0 bridgehead atoms. The topological polar surface area (TPSA) is 54.5 Å². The molecular weight excluding hydrogens is 244 g/mol. The van der Waals surface area contributed by atoms with Gasteiger partial charge in [0.15, 0.2) is 5.65 Å². The molecule has 3 aromatic heterocycles. The summed E-state index contributed by atoms with van der Waals surface area (Å²) in [5, 5.41) is 3.34. The average molecular weight is 252 g/mol. The molecule has 1 N–H and O–H groups in total. The van der Waals surface area contributed by atoms with E-state index in [0.717, 1.165) is 16.9 Å². The molecule has 86 valence electrons. The maximum Gasteiger partial charge on any atom is 0.181 e. The first-order valence-corrected chi connectivity index (χ1v) is 6.42. The Kier molecular flexibility index (Phi) is 1.95. The predicted molar refractivity (Wildman–Crippen MR) is 72.5 cm³/mol. The Labute approximate surface area is 106 Å². The number of aromatic nitrogens is 4. The van der Waals surface area contributed by atoms with E-state index < -0.39 is 0 Å². The number of hydrogen-bond acceptors (Lipinski definition) is 4. The Balaban J connectivity index is 2.01. The van der Waals surface area contributed by atoms with Gasteiger partial charge in [0.25, 0.3) is 0 Å². The van der Waals surface area contributed by atoms with E-state index in [1.165, 1.54) is 16.4 Å². The maximum absolute atomic E-state index is 4.51. The molecule has 0 amide bonds. The summed E-state index contributed by atoms with van der Waals surface area (Å²) in [6.45, 7) is 0. The van der Waals surface area contributed by atoms with Gasteiger partial charge in [0.1, 0.15) is 17.7 Å². The summed E-state index contributed by atoms with van der Waals surface area (Å²) in [6.07, 6.45) is 3.26. The van der Waals surface area contributed by atoms with Crippen molar-refractivity contribution < 1.29 is 0 Å². The van der Waals surface area contributed by atoms with E-state index in [-0.39, 0.29) is 0 Å². The largest absolute Gasteiger partial charge is 0.335 e. The minimum atomic E-state index is 0.704. The molecule has 0 radical (unpaired) electrons. The minimum Gasteiger partial charge on any atom is -0.335 e. The highest BCUT2D eigenvalue weighted by Gasteiger charge is 2.10. The first-order chi connectivity index (χ1) is 8.92. The van der Waals surface area contributed by atoms with Crippen LogP contribution in [0.4, 0.5) is 0 Å². The third-order valence-electron chi connectivity index (χ3n) is 2.90. The number of H-pyrrole nitrogens is 1. The predicted octanol–water partition coefficient (Wildman–Crippen LogP) is 3.23. The second kappa shape index (κ2) is 3.61. The molecule has 0 spiro atoms. The lowest BCUT2D eigenvalue weighted by Gasteiger charge is -1.93. The summed E-state index contributed by atoms with van der Waals surface area (Å²) in [4.78, 5) is 15.9. The zero-order valence-electron chi connectivity index (χ0n) is 9.29. The zero-order valence-corrected chi connectivity index (χ0v) is 10.1. The molecule has 4 nitrogen and oxygen atoms in total. The SMILES string of the molecule is c1ccc2c(-c3nc4ncncc4[nH]3)csc2c1. The van der Waals surface area contributed by atoms with Crippen molar-refractivity contribution in [1.29, 1.82) is 0 Å². The highest BCUT2D eigenvalue weighted by molar-refractivity contribution is 7.17. The Morgan fingerprint density at radius 2 is 2.11 bits per heavy atom. The van der Waals surface area contributed by atoms with E-state index in [4.69, 9.17) is 0 Å². The molecule has 0 aliphatic heterocycles. The van der Waals surface area contributed by atoms with Crippen LogP contribution in [0.1, 0.15) is 0 Å². The van der Waals surface area contributed by atoms with Crippen molar-refractivity contribution in [1.82, 2.24) is 19.9 Å². The Hall–Kier alpha value is -2.27. The van der Waals surface area contributed by atoms with E-state index in [1.54, 1.807) is 17.5 Å². The Morgan fingerprint density at radius 3 is 3.06 bits per heavy atom. The van der Waals surface area contributed by atoms with E-state index in [1.807, 2.05) is 12.1 Å². The molecule has 1 aromatic carbocycles. The van der Waals surface area contributed by atoms with Gasteiger partial charge in [0.2, 0.25) is 0 Å². The average Bonchev–Trinajstić information content (AvgIpc) is 3.02. The number of benzene rings is 1. The van der Waals surface area contributed by atoms with Gasteiger partial charge in [-0.3, -0.25) is 0 Å². The van der Waals surface area contributed by atoms with Crippen LogP contribution in [-0.2, 0) is 0 Å². The van der Waals surface area contributed by atoms with Gasteiger partial charge in [0, 0.05) is 21.0 Å². The quantitative estimate of drug-likeness (QED) is 0.566. The standard InChI is InChI=1S/C13H8N4S/c1-2-4-11-8(3-1)9(6-18-11)12-16-10-5-14-7-15-13(10)17-12/h1-7H,(H,14,15,16,17). The normalized spacial score (nSPS) is 11.3. The highest BCUT2D eigenvalue weighted by Crippen LogP contribution is 2.32. The van der Waals surface area contributed by atoms with Crippen molar-refractivity contribution >= 4 is 32.6 Å². The van der Waals surface area contributed by atoms with Gasteiger partial charge in [0.05, 0.1) is 6.20 Å². The molecule has 0 aliphatic carbocycles. The molecular formula is C13H8N4S. The van der Waals surface area contributed by atoms with Gasteiger partial charge in [-0.15, -0.1) is 11.3 Å². The molecule has 0 unspecified atom stereocenters. The molecule has 3 heterocycles. The van der Waals surface area contributed by atoms with Gasteiger partial charge < -0.3 is 4.98 Å². The number of thiophene rings is 1. The minimum absolute atomic E-state index is 0.704. The van der Waals surface area contributed by atoms with Crippen molar-refractivity contribution in [3.8, 4) is 11.4 Å². The van der Waals surface area contributed by atoms with Crippen molar-refractivity contribution in [3.05, 3.63) is 42.2 Å². The molecule has 0 saturated heterocycles. The highest BCUT2D eigenvalue weighted by atomic mass is 32.1. The van der Waals surface area contributed by atoms with E-state index >= 15 is 0 Å². The summed E-state index contributed by atoms with van der Waals surface area (Å²) < 4.78 is 1.26. The summed E-state index contributed by atoms with van der Waals surface area (Å²) in [5.74, 6) is 0.850. The second-order valence-corrected chi connectivity index (χ2v) is 4.90. The van der Waals surface area contributed by atoms with Crippen molar-refractivity contribution in [2.75, 3.05) is 0 Å². The maximum atomic E-state index is 4.51. The molecule has 4 rings (SSSR count). The van der Waals surface area contributed by atoms with Crippen LogP contribution in [0.15, 0.2) is 42.2 Å². The van der Waals surface area contributed by atoms with Crippen LogP contribution in [0.3, 0.4) is 0 Å². The van der Waals surface area contributed by atoms with Crippen LogP contribution in [0, 0.1) is 0 Å². The first-order valence-electron chi connectivity index (χ1n) is 5.54. The van der Waals surface area contributed by atoms with Gasteiger partial charge in [-0.1, -0.05) is 18.2 Å². The summed E-state index contributed by atoms with van der Waals surface area (Å²) in [7, 11) is 0. The summed E-state index contributed by atoms with van der Waals surface area (Å²) in [6, 6.07) is 8.32. The van der Waals surface area contributed by atoms with Gasteiger partial charge in [-0.25, -0.2) is 15.0 Å². The fourth-order valence-electron chi connectivity index (χ4n) is 2.05. The second-order valence-electron chi connectivity index (χ2n) is 3.99. The van der Waals surface area contributed by atoms with E-state index in [0.29, 0.717) is 5.65 Å². The molecule has 0 fully saturated rings. The lowest BCUT2D eigenvalue weighted by molar-refractivity contribution is 1.20. The van der Waals surface area contributed by atoms with Crippen LogP contribution in [-0.4, -0.2) is 19.9 Å². The number of rotatable bonds is 1. The number of aromatic amines is 1. The van der Waals surface area contributed by atoms with Gasteiger partial charge >= 0.3 is 0 Å². The molecule has 0 atom stereocenters. The lowest BCUT2D eigenvalue weighted by atomic mass is 10.2. The fraction of sp³-hybridized carbons (Fsp3) is 0. The van der Waals surface area contributed by atoms with E-state index in [9.17, 15) is 0 Å². The number of fused-ring (bicyclic) bond motifs is 2. The third-order valence-corrected chi connectivity index (χ3v) is 3.86. The van der Waals surface area contributed by atoms with Crippen LogP contribution in [0.25, 0.3) is 32.6 Å². The number of imidazole rings is 1. The van der Waals surface area contributed by atoms with Crippen LogP contribution < -0.4 is 0 Å².